The quantitative estimate of drug-likeness (QED) is 0.426. The van der Waals surface area contributed by atoms with Crippen LogP contribution >= 0.6 is 11.6 Å². The summed E-state index contributed by atoms with van der Waals surface area (Å²) in [5.74, 6) is 1.11. The first-order chi connectivity index (χ1) is 13.2. The third kappa shape index (κ3) is 6.31. The Hall–Kier alpha value is -1.95. The van der Waals surface area contributed by atoms with Gasteiger partial charge < -0.3 is 20.4 Å². The average Bonchev–Trinajstić information content (AvgIpc) is 3.48. The van der Waals surface area contributed by atoms with E-state index >= 15 is 0 Å². The van der Waals surface area contributed by atoms with Gasteiger partial charge in [0.05, 0.1) is 0 Å². The molecule has 2 N–H and O–H groups in total. The molecule has 7 heteroatoms. The zero-order valence-electron chi connectivity index (χ0n) is 16.1. The second-order valence-electron chi connectivity index (χ2n) is 7.13. The summed E-state index contributed by atoms with van der Waals surface area (Å²) in [5, 5.41) is 7.18. The van der Waals surface area contributed by atoms with Gasteiger partial charge in [-0.15, -0.1) is 0 Å². The molecule has 2 fully saturated rings. The normalized spacial score (nSPS) is 17.8. The molecule has 0 spiro atoms. The maximum absolute atomic E-state index is 11.8. The van der Waals surface area contributed by atoms with E-state index < -0.39 is 0 Å². The third-order valence-corrected chi connectivity index (χ3v) is 5.09. The first-order valence-corrected chi connectivity index (χ1v) is 10.4. The Balaban J connectivity index is 1.46. The van der Waals surface area contributed by atoms with Crippen LogP contribution in [0.3, 0.4) is 0 Å². The fraction of sp³-hybridized carbons (Fsp3) is 0.600. The first kappa shape index (κ1) is 19.8. The molecule has 0 aromatic heterocycles. The summed E-state index contributed by atoms with van der Waals surface area (Å²) in [5.41, 5.74) is 1.17. The monoisotopic (exact) mass is 391 g/mol. The highest BCUT2D eigenvalue weighted by atomic mass is 35.5. The van der Waals surface area contributed by atoms with Crippen LogP contribution in [-0.2, 0) is 4.79 Å². The van der Waals surface area contributed by atoms with Crippen LogP contribution in [0.15, 0.2) is 29.3 Å². The summed E-state index contributed by atoms with van der Waals surface area (Å²) >= 11 is 6.11. The number of halogens is 1. The standard InChI is InChI=1S/C20H30ClN5O/c1-2-22-20(23-10-4-7-19(27)24-17-8-9-17)26-13-11-25(12-14-26)18-6-3-5-16(21)15-18/h3,5-6,15,17H,2,4,7-14H2,1H3,(H,22,23)(H,24,27). The van der Waals surface area contributed by atoms with Gasteiger partial charge in [0, 0.05) is 62.4 Å². The number of piperazine rings is 1. The van der Waals surface area contributed by atoms with Crippen molar-refractivity contribution in [1.29, 1.82) is 0 Å². The largest absolute Gasteiger partial charge is 0.368 e. The lowest BCUT2D eigenvalue weighted by atomic mass is 10.2. The van der Waals surface area contributed by atoms with Crippen molar-refractivity contribution in [3.8, 4) is 0 Å². The molecule has 1 aromatic rings. The molecule has 1 aliphatic carbocycles. The number of anilines is 1. The fourth-order valence-corrected chi connectivity index (χ4v) is 3.41. The van der Waals surface area contributed by atoms with E-state index in [0.717, 1.165) is 63.0 Å². The number of carbonyl (C=O) groups excluding carboxylic acids is 1. The number of nitrogens with one attached hydrogen (secondary N) is 2. The number of benzene rings is 1. The summed E-state index contributed by atoms with van der Waals surface area (Å²) in [7, 11) is 0. The molecule has 1 saturated carbocycles. The highest BCUT2D eigenvalue weighted by Crippen LogP contribution is 2.21. The molecule has 0 atom stereocenters. The van der Waals surface area contributed by atoms with E-state index in [1.165, 1.54) is 5.69 Å². The van der Waals surface area contributed by atoms with Crippen LogP contribution in [0.2, 0.25) is 5.02 Å². The second-order valence-corrected chi connectivity index (χ2v) is 7.57. The van der Waals surface area contributed by atoms with Crippen molar-refractivity contribution in [3.63, 3.8) is 0 Å². The number of rotatable bonds is 7. The number of hydrogen-bond acceptors (Lipinski definition) is 3. The van der Waals surface area contributed by atoms with Crippen molar-refractivity contribution in [3.05, 3.63) is 29.3 Å². The second kappa shape index (κ2) is 9.83. The van der Waals surface area contributed by atoms with E-state index in [9.17, 15) is 4.79 Å². The molecule has 1 heterocycles. The number of amides is 1. The van der Waals surface area contributed by atoms with Gasteiger partial charge in [0.1, 0.15) is 0 Å². The molecular formula is C20H30ClN5O. The summed E-state index contributed by atoms with van der Waals surface area (Å²) in [6, 6.07) is 8.46. The van der Waals surface area contributed by atoms with E-state index in [-0.39, 0.29) is 5.91 Å². The minimum atomic E-state index is 0.160. The number of carbonyl (C=O) groups is 1. The smallest absolute Gasteiger partial charge is 0.220 e. The van der Waals surface area contributed by atoms with Crippen LogP contribution in [0.1, 0.15) is 32.6 Å². The molecule has 27 heavy (non-hydrogen) atoms. The van der Waals surface area contributed by atoms with E-state index in [4.69, 9.17) is 16.6 Å². The van der Waals surface area contributed by atoms with Crippen molar-refractivity contribution >= 4 is 29.2 Å². The highest BCUT2D eigenvalue weighted by molar-refractivity contribution is 6.30. The Morgan fingerprint density at radius 2 is 2.04 bits per heavy atom. The van der Waals surface area contributed by atoms with Gasteiger partial charge in [0.25, 0.3) is 0 Å². The maximum Gasteiger partial charge on any atom is 0.220 e. The summed E-state index contributed by atoms with van der Waals surface area (Å²) in [4.78, 5) is 21.1. The Morgan fingerprint density at radius 3 is 2.70 bits per heavy atom. The lowest BCUT2D eigenvalue weighted by Crippen LogP contribution is -2.52. The van der Waals surface area contributed by atoms with Crippen molar-refractivity contribution in [1.82, 2.24) is 15.5 Å². The Kier molecular flexibility index (Phi) is 7.21. The van der Waals surface area contributed by atoms with Crippen LogP contribution in [0, 0.1) is 0 Å². The van der Waals surface area contributed by atoms with E-state index in [1.807, 2.05) is 18.2 Å². The molecule has 0 radical (unpaired) electrons. The van der Waals surface area contributed by atoms with Gasteiger partial charge in [-0.2, -0.15) is 0 Å². The Labute approximate surface area is 167 Å². The van der Waals surface area contributed by atoms with E-state index in [2.05, 4.69) is 33.4 Å². The summed E-state index contributed by atoms with van der Waals surface area (Å²) < 4.78 is 0. The maximum atomic E-state index is 11.8. The topological polar surface area (TPSA) is 60.0 Å². The van der Waals surface area contributed by atoms with E-state index in [1.54, 1.807) is 0 Å². The molecule has 3 rings (SSSR count). The summed E-state index contributed by atoms with van der Waals surface area (Å²) in [6.45, 7) is 7.31. The lowest BCUT2D eigenvalue weighted by molar-refractivity contribution is -0.121. The molecule has 1 amide bonds. The molecule has 0 unspecified atom stereocenters. The van der Waals surface area contributed by atoms with Crippen LogP contribution < -0.4 is 15.5 Å². The van der Waals surface area contributed by atoms with Gasteiger partial charge in [-0.05, 0) is 44.4 Å². The minimum Gasteiger partial charge on any atom is -0.368 e. The zero-order valence-corrected chi connectivity index (χ0v) is 16.8. The van der Waals surface area contributed by atoms with Gasteiger partial charge >= 0.3 is 0 Å². The lowest BCUT2D eigenvalue weighted by Gasteiger charge is -2.37. The van der Waals surface area contributed by atoms with Crippen LogP contribution in [0.4, 0.5) is 5.69 Å². The van der Waals surface area contributed by atoms with Crippen molar-refractivity contribution in [2.24, 2.45) is 4.99 Å². The predicted molar refractivity (Wildman–Crippen MR) is 112 cm³/mol. The van der Waals surface area contributed by atoms with E-state index in [0.29, 0.717) is 19.0 Å². The Bertz CT molecular complexity index is 654. The molecule has 1 aliphatic heterocycles. The molecule has 1 saturated heterocycles. The van der Waals surface area contributed by atoms with Crippen molar-refractivity contribution in [2.75, 3.05) is 44.2 Å². The minimum absolute atomic E-state index is 0.160. The molecule has 6 nitrogen and oxygen atoms in total. The molecule has 148 valence electrons. The van der Waals surface area contributed by atoms with Gasteiger partial charge in [-0.3, -0.25) is 9.79 Å². The van der Waals surface area contributed by atoms with Crippen LogP contribution in [-0.4, -0.2) is 62.1 Å². The number of hydrogen-bond donors (Lipinski definition) is 2. The molecule has 1 aromatic carbocycles. The zero-order chi connectivity index (χ0) is 19.1. The van der Waals surface area contributed by atoms with Gasteiger partial charge in [0.15, 0.2) is 5.96 Å². The Morgan fingerprint density at radius 1 is 1.26 bits per heavy atom. The molecule has 2 aliphatic rings. The van der Waals surface area contributed by atoms with Crippen LogP contribution in [0.5, 0.6) is 0 Å². The van der Waals surface area contributed by atoms with Crippen molar-refractivity contribution < 1.29 is 4.79 Å². The average molecular weight is 392 g/mol. The van der Waals surface area contributed by atoms with Crippen molar-refractivity contribution in [2.45, 2.75) is 38.6 Å². The highest BCUT2D eigenvalue weighted by Gasteiger charge is 2.23. The van der Waals surface area contributed by atoms with Gasteiger partial charge in [0.2, 0.25) is 5.91 Å². The van der Waals surface area contributed by atoms with Gasteiger partial charge in [-0.25, -0.2) is 0 Å². The number of aliphatic imine (C=N–C) groups is 1. The predicted octanol–water partition coefficient (Wildman–Crippen LogP) is 2.49. The third-order valence-electron chi connectivity index (χ3n) is 4.85. The van der Waals surface area contributed by atoms with Gasteiger partial charge in [-0.1, -0.05) is 17.7 Å². The molecule has 0 bridgehead atoms. The molecular weight excluding hydrogens is 362 g/mol. The number of guanidine groups is 1. The first-order valence-electron chi connectivity index (χ1n) is 9.99. The number of nitrogens with zero attached hydrogens (tertiary/aromatic N) is 3. The SMILES string of the molecule is CCNC(=NCCCC(=O)NC1CC1)N1CCN(c2cccc(Cl)c2)CC1. The summed E-state index contributed by atoms with van der Waals surface area (Å²) in [6.07, 6.45) is 3.61. The fourth-order valence-electron chi connectivity index (χ4n) is 3.23. The van der Waals surface area contributed by atoms with Crippen LogP contribution in [0.25, 0.3) is 0 Å².